The van der Waals surface area contributed by atoms with Crippen LogP contribution in [0.2, 0.25) is 0 Å². The molecule has 1 saturated carbocycles. The first-order valence-corrected chi connectivity index (χ1v) is 7.66. The molecule has 0 radical (unpaired) electrons. The van der Waals surface area contributed by atoms with Gasteiger partial charge < -0.3 is 15.2 Å². The number of hydrogen-bond donors (Lipinski definition) is 1. The fraction of sp³-hybridized carbons (Fsp3) is 0.529. The highest BCUT2D eigenvalue weighted by molar-refractivity contribution is 5.98. The Morgan fingerprint density at radius 3 is 2.00 bits per heavy atom. The molecule has 1 aliphatic carbocycles. The summed E-state index contributed by atoms with van der Waals surface area (Å²) in [5.74, 6) is -3.06. The number of cyclic esters (lactones) is 2. The second-order valence-electron chi connectivity index (χ2n) is 6.66. The topological polar surface area (TPSA) is 78.6 Å². The van der Waals surface area contributed by atoms with E-state index < -0.39 is 29.1 Å². The van der Waals surface area contributed by atoms with Crippen LogP contribution in [0.1, 0.15) is 45.1 Å². The molecule has 1 aromatic carbocycles. The first-order chi connectivity index (χ1) is 10.3. The van der Waals surface area contributed by atoms with E-state index in [1.807, 2.05) is 12.1 Å². The van der Waals surface area contributed by atoms with E-state index in [0.29, 0.717) is 5.69 Å². The lowest BCUT2D eigenvalue weighted by Crippen LogP contribution is -2.53. The van der Waals surface area contributed by atoms with Gasteiger partial charge in [-0.25, -0.2) is 0 Å². The number of carbonyl (C=O) groups excluding carboxylic acids is 2. The van der Waals surface area contributed by atoms with E-state index in [4.69, 9.17) is 15.2 Å². The highest BCUT2D eigenvalue weighted by Crippen LogP contribution is 2.49. The molecule has 3 rings (SSSR count). The van der Waals surface area contributed by atoms with Gasteiger partial charge in [0.2, 0.25) is 0 Å². The first-order valence-electron chi connectivity index (χ1n) is 7.66. The van der Waals surface area contributed by atoms with Gasteiger partial charge in [-0.1, -0.05) is 25.0 Å². The van der Waals surface area contributed by atoms with E-state index in [9.17, 15) is 9.59 Å². The molecule has 0 spiro atoms. The van der Waals surface area contributed by atoms with Gasteiger partial charge >= 0.3 is 11.9 Å². The van der Waals surface area contributed by atoms with Gasteiger partial charge in [-0.2, -0.15) is 0 Å². The predicted octanol–water partition coefficient (Wildman–Crippen LogP) is 2.53. The molecule has 1 aliphatic heterocycles. The molecule has 5 nitrogen and oxygen atoms in total. The summed E-state index contributed by atoms with van der Waals surface area (Å²) in [7, 11) is 0. The van der Waals surface area contributed by atoms with Gasteiger partial charge in [0, 0.05) is 24.9 Å². The number of benzene rings is 1. The molecular formula is C17H21NO4. The Morgan fingerprint density at radius 2 is 1.50 bits per heavy atom. The number of nitrogen functional groups attached to an aromatic ring is 1. The minimum atomic E-state index is -1.19. The molecule has 2 aliphatic rings. The number of hydrogen-bond acceptors (Lipinski definition) is 5. The highest BCUT2D eigenvalue weighted by atomic mass is 16.7. The molecule has 0 amide bonds. The lowest BCUT2D eigenvalue weighted by atomic mass is 9.68. The Balaban J connectivity index is 2.03. The number of nitrogens with two attached hydrogens (primary N) is 1. The van der Waals surface area contributed by atoms with Crippen LogP contribution in [0.5, 0.6) is 0 Å². The second kappa shape index (κ2) is 5.00. The van der Waals surface area contributed by atoms with Crippen LogP contribution in [0.4, 0.5) is 5.69 Å². The zero-order valence-electron chi connectivity index (χ0n) is 12.9. The van der Waals surface area contributed by atoms with Crippen LogP contribution in [0.3, 0.4) is 0 Å². The van der Waals surface area contributed by atoms with Gasteiger partial charge in [0.25, 0.3) is 5.79 Å². The number of ether oxygens (including phenoxy) is 2. The quantitative estimate of drug-likeness (QED) is 0.516. The number of anilines is 1. The predicted molar refractivity (Wildman–Crippen MR) is 80.8 cm³/mol. The normalized spacial score (nSPS) is 23.9. The van der Waals surface area contributed by atoms with Crippen LogP contribution in [0, 0.1) is 5.92 Å². The lowest BCUT2D eigenvalue weighted by Gasteiger charge is -2.41. The Hall–Kier alpha value is -2.04. The Bertz CT molecular complexity index is 580. The van der Waals surface area contributed by atoms with Crippen molar-refractivity contribution < 1.29 is 19.1 Å². The minimum absolute atomic E-state index is 0.486. The summed E-state index contributed by atoms with van der Waals surface area (Å²) >= 11 is 0. The summed E-state index contributed by atoms with van der Waals surface area (Å²) in [6.07, 6.45) is 3.49. The standard InChI is InChI=1S/C17H21NO4/c1-16(2)21-14(19)13(15(20)22-16)17(9-3-4-10-17)11-5-7-12(18)8-6-11/h5-8,13H,3-4,9-10,18H2,1-2H3. The van der Waals surface area contributed by atoms with Gasteiger partial charge in [0.15, 0.2) is 5.92 Å². The summed E-state index contributed by atoms with van der Waals surface area (Å²) in [6, 6.07) is 7.42. The molecule has 0 bridgehead atoms. The van der Waals surface area contributed by atoms with Gasteiger partial charge in [0.1, 0.15) is 0 Å². The molecule has 118 valence electrons. The molecule has 0 aromatic heterocycles. The van der Waals surface area contributed by atoms with Crippen molar-refractivity contribution in [3.05, 3.63) is 29.8 Å². The van der Waals surface area contributed by atoms with Gasteiger partial charge in [-0.05, 0) is 30.5 Å². The van der Waals surface area contributed by atoms with Crippen LogP contribution in [-0.4, -0.2) is 17.7 Å². The van der Waals surface area contributed by atoms with Gasteiger partial charge in [-0.3, -0.25) is 9.59 Å². The van der Waals surface area contributed by atoms with Crippen molar-refractivity contribution >= 4 is 17.6 Å². The molecule has 1 aromatic rings. The number of esters is 2. The SMILES string of the molecule is CC1(C)OC(=O)C(C2(c3ccc(N)cc3)CCCC2)C(=O)O1. The largest absolute Gasteiger partial charge is 0.422 e. The monoisotopic (exact) mass is 303 g/mol. The van der Waals surface area contributed by atoms with Crippen molar-refractivity contribution in [2.45, 2.75) is 50.7 Å². The maximum atomic E-state index is 12.5. The fourth-order valence-corrected chi connectivity index (χ4v) is 3.74. The summed E-state index contributed by atoms with van der Waals surface area (Å²) in [5, 5.41) is 0. The third-order valence-electron chi connectivity index (χ3n) is 4.70. The van der Waals surface area contributed by atoms with E-state index >= 15 is 0 Å². The molecule has 1 heterocycles. The molecule has 5 heteroatoms. The second-order valence-corrected chi connectivity index (χ2v) is 6.66. The van der Waals surface area contributed by atoms with Gasteiger partial charge in [-0.15, -0.1) is 0 Å². The fourth-order valence-electron chi connectivity index (χ4n) is 3.74. The van der Waals surface area contributed by atoms with E-state index in [1.165, 1.54) is 0 Å². The van der Waals surface area contributed by atoms with E-state index in [2.05, 4.69) is 0 Å². The van der Waals surface area contributed by atoms with Crippen molar-refractivity contribution in [1.82, 2.24) is 0 Å². The summed E-state index contributed by atoms with van der Waals surface area (Å²) in [4.78, 5) is 25.0. The van der Waals surface area contributed by atoms with Crippen LogP contribution >= 0.6 is 0 Å². The summed E-state index contributed by atoms with van der Waals surface area (Å²) < 4.78 is 10.7. The average molecular weight is 303 g/mol. The van der Waals surface area contributed by atoms with Crippen molar-refractivity contribution in [3.63, 3.8) is 0 Å². The zero-order chi connectivity index (χ0) is 16.0. The maximum Gasteiger partial charge on any atom is 0.324 e. The third-order valence-corrected chi connectivity index (χ3v) is 4.70. The van der Waals surface area contributed by atoms with Crippen molar-refractivity contribution in [2.24, 2.45) is 5.92 Å². The van der Waals surface area contributed by atoms with Crippen LogP contribution < -0.4 is 5.73 Å². The molecule has 0 unspecified atom stereocenters. The average Bonchev–Trinajstić information content (AvgIpc) is 2.87. The van der Waals surface area contributed by atoms with E-state index in [0.717, 1.165) is 31.2 Å². The molecule has 2 N–H and O–H groups in total. The van der Waals surface area contributed by atoms with Crippen molar-refractivity contribution in [3.8, 4) is 0 Å². The Morgan fingerprint density at radius 1 is 1.00 bits per heavy atom. The molecule has 0 atom stereocenters. The van der Waals surface area contributed by atoms with Crippen molar-refractivity contribution in [1.29, 1.82) is 0 Å². The van der Waals surface area contributed by atoms with Crippen LogP contribution in [0.25, 0.3) is 0 Å². The Kier molecular flexibility index (Phi) is 3.38. The van der Waals surface area contributed by atoms with Crippen LogP contribution in [-0.2, 0) is 24.5 Å². The minimum Gasteiger partial charge on any atom is -0.422 e. The summed E-state index contributed by atoms with van der Waals surface area (Å²) in [5.41, 5.74) is 6.83. The zero-order valence-corrected chi connectivity index (χ0v) is 12.9. The van der Waals surface area contributed by atoms with E-state index in [1.54, 1.807) is 26.0 Å². The smallest absolute Gasteiger partial charge is 0.324 e. The molecule has 1 saturated heterocycles. The Labute approximate surface area is 129 Å². The number of rotatable bonds is 2. The highest BCUT2D eigenvalue weighted by Gasteiger charge is 2.56. The van der Waals surface area contributed by atoms with Crippen molar-refractivity contribution in [2.75, 3.05) is 5.73 Å². The summed E-state index contributed by atoms with van der Waals surface area (Å²) in [6.45, 7) is 3.15. The van der Waals surface area contributed by atoms with Gasteiger partial charge in [0.05, 0.1) is 0 Å². The lowest BCUT2D eigenvalue weighted by molar-refractivity contribution is -0.243. The number of carbonyl (C=O) groups is 2. The molecular weight excluding hydrogens is 282 g/mol. The molecule has 2 fully saturated rings. The first kappa shape index (κ1) is 14.9. The molecule has 22 heavy (non-hydrogen) atoms. The van der Waals surface area contributed by atoms with E-state index in [-0.39, 0.29) is 0 Å². The van der Waals surface area contributed by atoms with Crippen LogP contribution in [0.15, 0.2) is 24.3 Å². The maximum absolute atomic E-state index is 12.5. The third kappa shape index (κ3) is 2.34.